The lowest BCUT2D eigenvalue weighted by Crippen LogP contribution is -2.29. The number of sulfonamides is 1. The molecule has 0 saturated carbocycles. The first kappa shape index (κ1) is 19.4. The van der Waals surface area contributed by atoms with E-state index in [1.165, 1.54) is 15.2 Å². The van der Waals surface area contributed by atoms with Crippen molar-refractivity contribution < 1.29 is 13.2 Å². The molecular formula is C18H22N2O3S3. The fourth-order valence-electron chi connectivity index (χ4n) is 2.78. The third-order valence-electron chi connectivity index (χ3n) is 4.16. The van der Waals surface area contributed by atoms with Gasteiger partial charge >= 0.3 is 0 Å². The fraction of sp³-hybridized carbons (Fsp3) is 0.389. The summed E-state index contributed by atoms with van der Waals surface area (Å²) >= 11 is 3.49. The van der Waals surface area contributed by atoms with Gasteiger partial charge in [0.05, 0.1) is 4.90 Å². The van der Waals surface area contributed by atoms with Gasteiger partial charge in [0.1, 0.15) is 0 Å². The van der Waals surface area contributed by atoms with Crippen LogP contribution >= 0.6 is 23.1 Å². The third-order valence-corrected chi connectivity index (χ3v) is 8.12. The Balaban J connectivity index is 1.53. The van der Waals surface area contributed by atoms with Crippen molar-refractivity contribution in [3.8, 4) is 0 Å². The summed E-state index contributed by atoms with van der Waals surface area (Å²) in [4.78, 5) is 13.8. The first-order chi connectivity index (χ1) is 12.6. The van der Waals surface area contributed by atoms with Crippen LogP contribution in [0.1, 0.15) is 28.1 Å². The number of thiophene rings is 1. The van der Waals surface area contributed by atoms with E-state index >= 15 is 0 Å². The van der Waals surface area contributed by atoms with E-state index in [1.54, 1.807) is 41.3 Å². The number of carbonyl (C=O) groups is 1. The molecule has 0 radical (unpaired) electrons. The molecule has 2 aromatic rings. The monoisotopic (exact) mass is 410 g/mol. The molecule has 1 saturated heterocycles. The van der Waals surface area contributed by atoms with Crippen LogP contribution in [0, 0.1) is 0 Å². The quantitative estimate of drug-likeness (QED) is 0.679. The molecule has 0 atom stereocenters. The second-order valence-electron chi connectivity index (χ2n) is 6.03. The average Bonchev–Trinajstić information content (AvgIpc) is 3.35. The van der Waals surface area contributed by atoms with Gasteiger partial charge in [-0.25, -0.2) is 8.42 Å². The van der Waals surface area contributed by atoms with Crippen LogP contribution in [-0.2, 0) is 15.8 Å². The van der Waals surface area contributed by atoms with E-state index in [1.807, 2.05) is 6.07 Å². The van der Waals surface area contributed by atoms with Crippen molar-refractivity contribution in [1.82, 2.24) is 9.62 Å². The number of benzene rings is 1. The number of amides is 1. The molecule has 1 fully saturated rings. The predicted molar refractivity (Wildman–Crippen MR) is 107 cm³/mol. The number of carbonyl (C=O) groups excluding carboxylic acids is 1. The normalized spacial score (nSPS) is 15.2. The van der Waals surface area contributed by atoms with Gasteiger partial charge in [0.15, 0.2) is 0 Å². The summed E-state index contributed by atoms with van der Waals surface area (Å²) in [7, 11) is -3.50. The maximum atomic E-state index is 12.6. The van der Waals surface area contributed by atoms with Crippen molar-refractivity contribution in [3.05, 3.63) is 52.2 Å². The largest absolute Gasteiger partial charge is 0.351 e. The van der Waals surface area contributed by atoms with Crippen molar-refractivity contribution in [1.29, 1.82) is 0 Å². The Hall–Kier alpha value is -1.35. The molecule has 1 N–H and O–H groups in total. The van der Waals surface area contributed by atoms with Gasteiger partial charge in [-0.05, 0) is 42.5 Å². The molecule has 1 aromatic heterocycles. The molecule has 26 heavy (non-hydrogen) atoms. The molecule has 1 aliphatic heterocycles. The van der Waals surface area contributed by atoms with Crippen LogP contribution in [-0.4, -0.2) is 44.0 Å². The lowest BCUT2D eigenvalue weighted by atomic mass is 10.2. The number of rotatable bonds is 8. The van der Waals surface area contributed by atoms with Crippen LogP contribution < -0.4 is 5.32 Å². The van der Waals surface area contributed by atoms with Crippen LogP contribution in [0.4, 0.5) is 0 Å². The van der Waals surface area contributed by atoms with Crippen LogP contribution in [0.3, 0.4) is 0 Å². The van der Waals surface area contributed by atoms with Gasteiger partial charge in [-0.2, -0.15) is 16.1 Å². The maximum Gasteiger partial charge on any atom is 0.251 e. The van der Waals surface area contributed by atoms with Gasteiger partial charge in [-0.1, -0.05) is 12.1 Å². The SMILES string of the molecule is O=C(NCCSCc1cccs1)c1cccc(S(=O)(=O)N2CCCC2)c1. The van der Waals surface area contributed by atoms with Gasteiger partial charge in [-0.15, -0.1) is 11.3 Å². The minimum Gasteiger partial charge on any atom is -0.351 e. The number of thioether (sulfide) groups is 1. The van der Waals surface area contributed by atoms with Crippen molar-refractivity contribution in [3.63, 3.8) is 0 Å². The first-order valence-corrected chi connectivity index (χ1v) is 12.0. The molecule has 0 aliphatic carbocycles. The molecule has 5 nitrogen and oxygen atoms in total. The number of nitrogens with one attached hydrogen (secondary N) is 1. The number of nitrogens with zero attached hydrogens (tertiary/aromatic N) is 1. The van der Waals surface area contributed by atoms with Gasteiger partial charge in [0.2, 0.25) is 10.0 Å². The molecule has 1 aromatic carbocycles. The Bertz CT molecular complexity index is 829. The fourth-order valence-corrected chi connectivity index (χ4v) is 6.04. The van der Waals surface area contributed by atoms with E-state index in [0.717, 1.165) is 24.3 Å². The minimum absolute atomic E-state index is 0.194. The molecule has 0 bridgehead atoms. The Labute approximate surface area is 162 Å². The summed E-state index contributed by atoms with van der Waals surface area (Å²) in [5.41, 5.74) is 0.383. The van der Waals surface area contributed by atoms with Crippen molar-refractivity contribution in [2.45, 2.75) is 23.5 Å². The topological polar surface area (TPSA) is 66.5 Å². The predicted octanol–water partition coefficient (Wildman–Crippen LogP) is 3.20. The van der Waals surface area contributed by atoms with E-state index in [-0.39, 0.29) is 10.8 Å². The van der Waals surface area contributed by atoms with Crippen LogP contribution in [0.15, 0.2) is 46.7 Å². The number of hydrogen-bond acceptors (Lipinski definition) is 5. The summed E-state index contributed by atoms with van der Waals surface area (Å²) in [5.74, 6) is 1.52. The summed E-state index contributed by atoms with van der Waals surface area (Å²) in [6, 6.07) is 10.4. The van der Waals surface area contributed by atoms with Crippen molar-refractivity contribution in [2.75, 3.05) is 25.4 Å². The van der Waals surface area contributed by atoms with E-state index in [0.29, 0.717) is 25.2 Å². The molecule has 8 heteroatoms. The smallest absolute Gasteiger partial charge is 0.251 e. The molecule has 3 rings (SSSR count). The molecule has 1 amide bonds. The van der Waals surface area contributed by atoms with Crippen LogP contribution in [0.25, 0.3) is 0 Å². The van der Waals surface area contributed by atoms with Gasteiger partial charge in [0, 0.05) is 41.6 Å². The molecule has 1 aliphatic rings. The molecule has 0 spiro atoms. The van der Waals surface area contributed by atoms with Gasteiger partial charge in [-0.3, -0.25) is 4.79 Å². The second kappa shape index (κ2) is 9.03. The van der Waals surface area contributed by atoms with Crippen molar-refractivity contribution >= 4 is 39.0 Å². The van der Waals surface area contributed by atoms with Crippen molar-refractivity contribution in [2.24, 2.45) is 0 Å². The standard InChI is InChI=1S/C18H22N2O3S3/c21-18(19-8-12-24-14-16-6-4-11-25-16)15-5-3-7-17(13-15)26(22,23)20-9-1-2-10-20/h3-7,11,13H,1-2,8-10,12,14H2,(H,19,21). The zero-order chi connectivity index (χ0) is 18.4. The first-order valence-electron chi connectivity index (χ1n) is 8.56. The highest BCUT2D eigenvalue weighted by Gasteiger charge is 2.27. The third kappa shape index (κ3) is 4.88. The summed E-state index contributed by atoms with van der Waals surface area (Å²) in [6.07, 6.45) is 1.78. The number of hydrogen-bond donors (Lipinski definition) is 1. The Morgan fingerprint density at radius 2 is 2.00 bits per heavy atom. The zero-order valence-corrected chi connectivity index (χ0v) is 16.8. The van der Waals surface area contributed by atoms with Gasteiger partial charge in [0.25, 0.3) is 5.91 Å². The van der Waals surface area contributed by atoms with E-state index in [2.05, 4.69) is 16.8 Å². The van der Waals surface area contributed by atoms with E-state index < -0.39 is 10.0 Å². The Kier molecular flexibility index (Phi) is 6.74. The van der Waals surface area contributed by atoms with Crippen LogP contribution in [0.2, 0.25) is 0 Å². The highest BCUT2D eigenvalue weighted by Crippen LogP contribution is 2.21. The van der Waals surface area contributed by atoms with E-state index in [4.69, 9.17) is 0 Å². The molecule has 0 unspecified atom stereocenters. The average molecular weight is 411 g/mol. The molecule has 140 valence electrons. The lowest BCUT2D eigenvalue weighted by Gasteiger charge is -2.16. The highest BCUT2D eigenvalue weighted by molar-refractivity contribution is 7.98. The second-order valence-corrected chi connectivity index (χ2v) is 10.1. The summed E-state index contributed by atoms with van der Waals surface area (Å²) in [5, 5.41) is 4.92. The molecular weight excluding hydrogens is 388 g/mol. The van der Waals surface area contributed by atoms with Crippen LogP contribution in [0.5, 0.6) is 0 Å². The maximum absolute atomic E-state index is 12.6. The lowest BCUT2D eigenvalue weighted by molar-refractivity contribution is 0.0956. The molecule has 2 heterocycles. The summed E-state index contributed by atoms with van der Waals surface area (Å²) in [6.45, 7) is 1.67. The zero-order valence-electron chi connectivity index (χ0n) is 14.4. The minimum atomic E-state index is -3.50. The van der Waals surface area contributed by atoms with Gasteiger partial charge < -0.3 is 5.32 Å². The Morgan fingerprint density at radius 1 is 1.19 bits per heavy atom. The van der Waals surface area contributed by atoms with E-state index in [9.17, 15) is 13.2 Å². The summed E-state index contributed by atoms with van der Waals surface area (Å²) < 4.78 is 26.7. The Morgan fingerprint density at radius 3 is 2.73 bits per heavy atom. The highest BCUT2D eigenvalue weighted by atomic mass is 32.2.